The van der Waals surface area contributed by atoms with Crippen molar-refractivity contribution in [1.29, 1.82) is 0 Å². The molecular formula is C72H114ClIN3O13+3. The van der Waals surface area contributed by atoms with Crippen molar-refractivity contribution < 1.29 is 76.1 Å². The van der Waals surface area contributed by atoms with Crippen molar-refractivity contribution in [2.45, 2.75) is 75.7 Å². The predicted molar refractivity (Wildman–Crippen MR) is 384 cm³/mol. The molecule has 0 spiro atoms. The highest BCUT2D eigenvalue weighted by Gasteiger charge is 2.17. The normalized spacial score (nSPS) is 10.1. The highest BCUT2D eigenvalue weighted by molar-refractivity contribution is 14.1. The van der Waals surface area contributed by atoms with E-state index in [4.69, 9.17) is 40.8 Å². The summed E-state index contributed by atoms with van der Waals surface area (Å²) >= 11 is 6.99. The van der Waals surface area contributed by atoms with Crippen LogP contribution in [0, 0.1) is 3.57 Å². The Morgan fingerprint density at radius 1 is 0.411 bits per heavy atom. The van der Waals surface area contributed by atoms with Gasteiger partial charge in [-0.2, -0.15) is 0 Å². The van der Waals surface area contributed by atoms with Crippen LogP contribution in [0.3, 0.4) is 0 Å². The van der Waals surface area contributed by atoms with Crippen molar-refractivity contribution >= 4 is 87.5 Å². The lowest BCUT2D eigenvalue weighted by molar-refractivity contribution is -0.890. The maximum absolute atomic E-state index is 11.8. The SMILES string of the molecule is C.C.C.C.C.C=CC(=O)Cl.C=CC(=O)OCCC[N+](C)(C)CCCOC(=O)C=C.COC(=O)/C=C/c1ccccc1.C[N+](C)(CCCO)CCCO.C[N+](C)(CCCOC(=O)/C=C/c1ccccc1)CCCOC(=O)/C=C/c1ccccc1.Ic1ccccc1. The van der Waals surface area contributed by atoms with E-state index >= 15 is 0 Å². The van der Waals surface area contributed by atoms with E-state index in [1.165, 1.54) is 28.9 Å². The molecule has 0 unspecified atom stereocenters. The molecule has 0 bridgehead atoms. The third-order valence-electron chi connectivity index (χ3n) is 11.5. The van der Waals surface area contributed by atoms with Crippen LogP contribution in [0.1, 0.15) is 92.3 Å². The summed E-state index contributed by atoms with van der Waals surface area (Å²) in [5.41, 5.74) is 2.92. The average molecular weight is 1390 g/mol. The van der Waals surface area contributed by atoms with Crippen LogP contribution in [0.5, 0.6) is 0 Å². The summed E-state index contributed by atoms with van der Waals surface area (Å²) < 4.78 is 28.5. The summed E-state index contributed by atoms with van der Waals surface area (Å²) in [5, 5.41) is 16.7. The number of hydrogen-bond acceptors (Lipinski definition) is 13. The smallest absolute Gasteiger partial charge is 0.330 e. The van der Waals surface area contributed by atoms with Crippen LogP contribution < -0.4 is 0 Å². The number of hydrogen-bond donors (Lipinski definition) is 2. The van der Waals surface area contributed by atoms with Gasteiger partial charge in [-0.25, -0.2) is 24.0 Å². The lowest BCUT2D eigenvalue weighted by atomic mass is 10.2. The van der Waals surface area contributed by atoms with Gasteiger partial charge in [0.2, 0.25) is 5.24 Å². The Morgan fingerprint density at radius 2 is 0.644 bits per heavy atom. The number of benzene rings is 4. The molecule has 0 saturated heterocycles. The number of aliphatic hydroxyl groups is 2. The van der Waals surface area contributed by atoms with E-state index in [9.17, 15) is 28.8 Å². The monoisotopic (exact) mass is 1390 g/mol. The first kappa shape index (κ1) is 96.8. The van der Waals surface area contributed by atoms with Gasteiger partial charge in [-0.15, -0.1) is 0 Å². The van der Waals surface area contributed by atoms with E-state index in [1.54, 1.807) is 18.2 Å². The number of esters is 5. The maximum atomic E-state index is 11.8. The fraction of sp³-hybridized carbons (Fsp3) is 0.417. The second-order valence-corrected chi connectivity index (χ2v) is 22.0. The molecule has 0 heterocycles. The fourth-order valence-corrected chi connectivity index (χ4v) is 7.29. The van der Waals surface area contributed by atoms with E-state index < -0.39 is 5.24 Å². The molecule has 0 saturated carbocycles. The number of carbonyl (C=O) groups is 6. The van der Waals surface area contributed by atoms with Crippen molar-refractivity contribution in [2.75, 3.05) is 128 Å². The number of allylic oxidation sites excluding steroid dienone is 1. The molecule has 0 fully saturated rings. The highest BCUT2D eigenvalue weighted by atomic mass is 127. The van der Waals surface area contributed by atoms with Crippen molar-refractivity contribution in [3.63, 3.8) is 0 Å². The lowest BCUT2D eigenvalue weighted by Gasteiger charge is -2.29. The van der Waals surface area contributed by atoms with Crippen LogP contribution in [-0.4, -0.2) is 187 Å². The second kappa shape index (κ2) is 62.4. The number of methoxy groups -OCH3 is 1. The van der Waals surface area contributed by atoms with Crippen molar-refractivity contribution in [2.24, 2.45) is 0 Å². The summed E-state index contributed by atoms with van der Waals surface area (Å²) in [5.74, 6) is -1.77. The Bertz CT molecular complexity index is 2430. The van der Waals surface area contributed by atoms with Gasteiger partial charge < -0.3 is 47.3 Å². The molecule has 0 aromatic heterocycles. The number of aliphatic hydroxyl groups excluding tert-OH is 2. The quantitative estimate of drug-likeness (QED) is 0.00922. The molecule has 4 aromatic carbocycles. The fourth-order valence-electron chi connectivity index (χ4n) is 6.88. The number of quaternary nitrogens is 3. The van der Waals surface area contributed by atoms with E-state index in [-0.39, 0.29) is 80.2 Å². The van der Waals surface area contributed by atoms with Crippen LogP contribution in [0.25, 0.3) is 18.2 Å². The minimum Gasteiger partial charge on any atom is -0.466 e. The molecule has 2 N–H and O–H groups in total. The van der Waals surface area contributed by atoms with E-state index in [0.29, 0.717) is 26.4 Å². The highest BCUT2D eigenvalue weighted by Crippen LogP contribution is 2.08. The van der Waals surface area contributed by atoms with Crippen molar-refractivity contribution in [3.05, 3.63) is 198 Å². The average Bonchev–Trinajstić information content (AvgIpc) is 3.62. The summed E-state index contributed by atoms with van der Waals surface area (Å²) in [6.45, 7) is 17.3. The number of carbonyl (C=O) groups excluding carboxylic acids is 6. The Labute approximate surface area is 562 Å². The first-order valence-electron chi connectivity index (χ1n) is 27.9. The Hall–Kier alpha value is -6.84. The summed E-state index contributed by atoms with van der Waals surface area (Å²) in [4.78, 5) is 65.4. The number of ether oxygens (including phenoxy) is 5. The number of nitrogens with zero attached hydrogens (tertiary/aromatic N) is 3. The number of rotatable bonds is 31. The lowest BCUT2D eigenvalue weighted by Crippen LogP contribution is -2.42. The second-order valence-electron chi connectivity index (χ2n) is 20.4. The standard InChI is InChI=1S/C26H32NO4.C14H24NO4.C10H10O2.C8H20NO2.C6H5I.C3H3ClO.5CH4/c1-27(2,19-9-21-30-25(28)17-15-23-11-5-3-6-12-23)20-10-22-31-26(29)18-16-24-13-7-4-8-14-24;1-5-13(16)18-11-7-9-15(3,4)10-8-12-19-14(17)6-2;1-12-10(11)8-7-9-5-3-2-4-6-9;1-9(2,5-3-7-10)6-4-8-11;7-6-4-2-1-3-5-6;1-2-3(4)5;;;;;/h3-8,11-18H,9-10,19-22H2,1-2H3;5-6H,1-2,7-12H2,3-4H3;2-8H,1H3;10-11H,3-8H2,1-2H3;1-5H;2H,1H2;5*1H4/q2*+1;;+1;;;;;;;/b17-15+,18-16+;;8-7+;;;;;;;;. The van der Waals surface area contributed by atoms with Gasteiger partial charge in [0, 0.05) is 85.7 Å². The Morgan fingerprint density at radius 3 is 0.856 bits per heavy atom. The van der Waals surface area contributed by atoms with Crippen molar-refractivity contribution in [3.8, 4) is 0 Å². The van der Waals surface area contributed by atoms with Gasteiger partial charge in [0.25, 0.3) is 0 Å². The Kier molecular flexibility index (Phi) is 67.1. The summed E-state index contributed by atoms with van der Waals surface area (Å²) in [6, 6.07) is 39.1. The molecule has 0 aliphatic heterocycles. The largest absolute Gasteiger partial charge is 0.466 e. The van der Waals surface area contributed by atoms with Gasteiger partial charge >= 0.3 is 29.8 Å². The topological polar surface area (TPSA) is 189 Å². The maximum Gasteiger partial charge on any atom is 0.330 e. The minimum atomic E-state index is -0.509. The van der Waals surface area contributed by atoms with Gasteiger partial charge in [0.15, 0.2) is 0 Å². The third-order valence-corrected chi connectivity index (χ3v) is 12.4. The third kappa shape index (κ3) is 64.2. The van der Waals surface area contributed by atoms with Crippen LogP contribution in [0.2, 0.25) is 0 Å². The van der Waals surface area contributed by atoms with Crippen LogP contribution in [0.4, 0.5) is 0 Å². The molecule has 18 heteroatoms. The molecule has 0 radical (unpaired) electrons. The van der Waals surface area contributed by atoms with Gasteiger partial charge in [0.05, 0.1) is 115 Å². The molecule has 0 amide bonds. The number of halogens is 2. The first-order valence-corrected chi connectivity index (χ1v) is 29.3. The van der Waals surface area contributed by atoms with Crippen LogP contribution in [-0.2, 0) is 52.5 Å². The predicted octanol–water partition coefficient (Wildman–Crippen LogP) is 13.8. The first-order chi connectivity index (χ1) is 40.5. The minimum absolute atomic E-state index is 0. The molecule has 4 rings (SSSR count). The van der Waals surface area contributed by atoms with Crippen LogP contribution >= 0.6 is 34.2 Å². The zero-order chi connectivity index (χ0) is 64.0. The molecule has 0 aliphatic carbocycles. The zero-order valence-electron chi connectivity index (χ0n) is 51.1. The molecule has 0 atom stereocenters. The van der Waals surface area contributed by atoms with E-state index in [1.807, 2.05) is 109 Å². The van der Waals surface area contributed by atoms with Crippen LogP contribution in [0.15, 0.2) is 178 Å². The zero-order valence-corrected chi connectivity index (χ0v) is 54.0. The Balaban J connectivity index is -0.000000200. The van der Waals surface area contributed by atoms with Crippen molar-refractivity contribution in [1.82, 2.24) is 0 Å². The van der Waals surface area contributed by atoms with Gasteiger partial charge in [-0.3, -0.25) is 4.79 Å². The molecular weight excluding hydrogens is 1280 g/mol. The molecule has 506 valence electrons. The van der Waals surface area contributed by atoms with E-state index in [0.717, 1.165) is 126 Å². The van der Waals surface area contributed by atoms with Gasteiger partial charge in [0.1, 0.15) is 0 Å². The van der Waals surface area contributed by atoms with Gasteiger partial charge in [-0.1, -0.05) is 166 Å². The summed E-state index contributed by atoms with van der Waals surface area (Å²) in [7, 11) is 14.0. The van der Waals surface area contributed by atoms with E-state index in [2.05, 4.69) is 101 Å². The van der Waals surface area contributed by atoms with Gasteiger partial charge in [-0.05, 0) is 87.3 Å². The summed E-state index contributed by atoms with van der Waals surface area (Å²) in [6.07, 6.45) is 17.7. The molecule has 16 nitrogen and oxygen atoms in total. The molecule has 4 aromatic rings. The molecule has 90 heavy (non-hydrogen) atoms. The molecule has 0 aliphatic rings.